The third-order valence-corrected chi connectivity index (χ3v) is 9.98. The van der Waals surface area contributed by atoms with Crippen LogP contribution < -0.4 is 9.46 Å². The number of nitrogens with one attached hydrogen (secondary N) is 1. The number of benzene rings is 3. The molecule has 4 atom stereocenters. The van der Waals surface area contributed by atoms with E-state index in [1.54, 1.807) is 42.2 Å². The van der Waals surface area contributed by atoms with Gasteiger partial charge in [-0.1, -0.05) is 37.3 Å². The van der Waals surface area contributed by atoms with E-state index in [4.69, 9.17) is 9.47 Å². The Bertz CT molecular complexity index is 1620. The Kier molecular flexibility index (Phi) is 13.1. The van der Waals surface area contributed by atoms with E-state index in [2.05, 4.69) is 4.72 Å². The van der Waals surface area contributed by atoms with Crippen LogP contribution in [-0.4, -0.2) is 80.8 Å². The van der Waals surface area contributed by atoms with E-state index in [1.165, 1.54) is 30.3 Å². The van der Waals surface area contributed by atoms with Crippen LogP contribution in [-0.2, 0) is 27.5 Å². The SMILES string of the molecule is C[C@@H]1CCCCO[C@H](CN(C)Cc2ccc(C(F)(F)F)cc2)[C@@H](C)CN([C@@H](C)CO)C(=O)c2cc(NS(=O)(=O)c3ccccc3)ccc2O1. The molecule has 2 N–H and O–H groups in total. The number of rotatable bonds is 9. The summed E-state index contributed by atoms with van der Waals surface area (Å²) in [7, 11) is -2.07. The summed E-state index contributed by atoms with van der Waals surface area (Å²) < 4.78 is 80.6. The monoisotopic (exact) mass is 705 g/mol. The molecule has 0 aliphatic carbocycles. The molecule has 0 fully saturated rings. The van der Waals surface area contributed by atoms with Crippen molar-refractivity contribution in [2.75, 3.05) is 38.1 Å². The summed E-state index contributed by atoms with van der Waals surface area (Å²) in [6, 6.07) is 17.0. The van der Waals surface area contributed by atoms with Crippen LogP contribution in [0.5, 0.6) is 5.75 Å². The number of carbonyl (C=O) groups is 1. The average molecular weight is 706 g/mol. The van der Waals surface area contributed by atoms with Gasteiger partial charge >= 0.3 is 6.18 Å². The van der Waals surface area contributed by atoms with E-state index in [-0.39, 0.29) is 47.4 Å². The van der Waals surface area contributed by atoms with Crippen molar-refractivity contribution in [2.24, 2.45) is 5.92 Å². The third kappa shape index (κ3) is 10.7. The molecule has 1 aliphatic heterocycles. The maximum Gasteiger partial charge on any atom is 0.416 e. The van der Waals surface area contributed by atoms with E-state index < -0.39 is 33.7 Å². The van der Waals surface area contributed by atoms with Crippen molar-refractivity contribution in [3.05, 3.63) is 89.5 Å². The summed E-state index contributed by atoms with van der Waals surface area (Å²) in [5.41, 5.74) is 0.358. The van der Waals surface area contributed by atoms with Crippen molar-refractivity contribution < 1.29 is 41.0 Å². The van der Waals surface area contributed by atoms with Crippen molar-refractivity contribution in [1.29, 1.82) is 0 Å². The minimum absolute atomic E-state index is 0.0740. The zero-order valence-corrected chi connectivity index (χ0v) is 29.1. The van der Waals surface area contributed by atoms with E-state index >= 15 is 0 Å². The van der Waals surface area contributed by atoms with Crippen molar-refractivity contribution in [2.45, 2.75) is 75.9 Å². The Morgan fingerprint density at radius 1 is 1.04 bits per heavy atom. The van der Waals surface area contributed by atoms with Gasteiger partial charge in [0.2, 0.25) is 0 Å². The van der Waals surface area contributed by atoms with Crippen molar-refractivity contribution >= 4 is 21.6 Å². The molecular weight excluding hydrogens is 659 g/mol. The molecule has 0 aromatic heterocycles. The number of halogens is 3. The van der Waals surface area contributed by atoms with Gasteiger partial charge in [-0.05, 0) is 88.2 Å². The number of fused-ring (bicyclic) bond motifs is 1. The zero-order chi connectivity index (χ0) is 35.8. The first-order chi connectivity index (χ1) is 23.2. The number of amides is 1. The molecule has 0 radical (unpaired) electrons. The highest BCUT2D eigenvalue weighted by Crippen LogP contribution is 2.31. The average Bonchev–Trinajstić information content (AvgIpc) is 3.06. The molecule has 0 spiro atoms. The number of anilines is 1. The van der Waals surface area contributed by atoms with Crippen molar-refractivity contribution in [3.8, 4) is 5.75 Å². The Labute approximate surface area is 287 Å². The lowest BCUT2D eigenvalue weighted by Crippen LogP contribution is -2.47. The van der Waals surface area contributed by atoms with Gasteiger partial charge < -0.3 is 19.5 Å². The van der Waals surface area contributed by atoms with Crippen molar-refractivity contribution in [3.63, 3.8) is 0 Å². The molecule has 49 heavy (non-hydrogen) atoms. The van der Waals surface area contributed by atoms with Gasteiger partial charge in [-0.3, -0.25) is 14.4 Å². The van der Waals surface area contributed by atoms with Gasteiger partial charge in [0.1, 0.15) is 5.75 Å². The van der Waals surface area contributed by atoms with Gasteiger partial charge in [0.25, 0.3) is 15.9 Å². The maximum absolute atomic E-state index is 14.3. The topological polar surface area (TPSA) is 108 Å². The molecule has 3 aromatic carbocycles. The fraction of sp³-hybridized carbons (Fsp3) is 0.472. The number of hydrogen-bond donors (Lipinski definition) is 2. The van der Waals surface area contributed by atoms with Gasteiger partial charge in [0.05, 0.1) is 40.9 Å². The van der Waals surface area contributed by atoms with Crippen LogP contribution in [0.1, 0.15) is 61.5 Å². The fourth-order valence-electron chi connectivity index (χ4n) is 5.74. The normalized spacial score (nSPS) is 20.6. The minimum Gasteiger partial charge on any atom is -0.490 e. The minimum atomic E-state index is -4.41. The number of carbonyl (C=O) groups excluding carboxylic acids is 1. The Balaban J connectivity index is 1.60. The number of likely N-dealkylation sites (N-methyl/N-ethyl adjacent to an activating group) is 1. The predicted octanol–water partition coefficient (Wildman–Crippen LogP) is 6.43. The number of hydrogen-bond acceptors (Lipinski definition) is 7. The molecule has 1 aliphatic rings. The predicted molar refractivity (Wildman–Crippen MR) is 182 cm³/mol. The summed E-state index contributed by atoms with van der Waals surface area (Å²) in [5.74, 6) is -0.353. The Morgan fingerprint density at radius 2 is 1.73 bits per heavy atom. The van der Waals surface area contributed by atoms with Crippen LogP contribution in [0.3, 0.4) is 0 Å². The van der Waals surface area contributed by atoms with Crippen LogP contribution in [0.25, 0.3) is 0 Å². The first kappa shape index (κ1) is 38.2. The number of nitrogens with zero attached hydrogens (tertiary/aromatic N) is 2. The molecule has 0 bridgehead atoms. The highest BCUT2D eigenvalue weighted by Gasteiger charge is 2.32. The summed E-state index contributed by atoms with van der Waals surface area (Å²) >= 11 is 0. The highest BCUT2D eigenvalue weighted by molar-refractivity contribution is 7.92. The summed E-state index contributed by atoms with van der Waals surface area (Å²) in [6.07, 6.45) is -2.76. The van der Waals surface area contributed by atoms with Gasteiger partial charge in [-0.2, -0.15) is 13.2 Å². The lowest BCUT2D eigenvalue weighted by Gasteiger charge is -2.36. The second-order valence-corrected chi connectivity index (χ2v) is 14.5. The Hall–Kier alpha value is -3.65. The summed E-state index contributed by atoms with van der Waals surface area (Å²) in [5, 5.41) is 10.2. The molecule has 4 rings (SSSR count). The van der Waals surface area contributed by atoms with Gasteiger partial charge in [0.15, 0.2) is 0 Å². The molecule has 0 saturated heterocycles. The zero-order valence-electron chi connectivity index (χ0n) is 28.3. The molecule has 0 saturated carbocycles. The smallest absolute Gasteiger partial charge is 0.416 e. The molecule has 13 heteroatoms. The van der Waals surface area contributed by atoms with E-state index in [0.29, 0.717) is 31.9 Å². The standard InChI is InChI=1S/C36H46F3N3O6S/c1-25-21-42(26(2)24-43)35(44)32-20-30(40-49(45,46)31-11-6-5-7-12-31)17-18-33(32)48-27(3)10-8-9-19-47-34(25)23-41(4)22-28-13-15-29(16-14-28)36(37,38)39/h5-7,11-18,20,25-27,34,40,43H,8-10,19,21-24H2,1-4H3/t25-,26-,27+,34+/m0/s1. The van der Waals surface area contributed by atoms with Gasteiger partial charge in [0, 0.05) is 37.8 Å². The Morgan fingerprint density at radius 3 is 2.39 bits per heavy atom. The van der Waals surface area contributed by atoms with Crippen LogP contribution >= 0.6 is 0 Å². The number of alkyl halides is 3. The largest absolute Gasteiger partial charge is 0.490 e. The molecule has 1 amide bonds. The molecule has 3 aromatic rings. The second-order valence-electron chi connectivity index (χ2n) is 12.8. The van der Waals surface area contributed by atoms with Crippen molar-refractivity contribution in [1.82, 2.24) is 9.80 Å². The van der Waals surface area contributed by atoms with Crippen LogP contribution in [0.4, 0.5) is 18.9 Å². The highest BCUT2D eigenvalue weighted by atomic mass is 32.2. The number of sulfonamides is 1. The lowest BCUT2D eigenvalue weighted by atomic mass is 10.0. The molecule has 268 valence electrons. The summed E-state index contributed by atoms with van der Waals surface area (Å²) in [4.78, 5) is 17.9. The lowest BCUT2D eigenvalue weighted by molar-refractivity contribution is -0.137. The number of aliphatic hydroxyl groups is 1. The van der Waals surface area contributed by atoms with Crippen LogP contribution in [0.2, 0.25) is 0 Å². The first-order valence-electron chi connectivity index (χ1n) is 16.4. The van der Waals surface area contributed by atoms with Gasteiger partial charge in [-0.25, -0.2) is 8.42 Å². The quantitative estimate of drug-likeness (QED) is 0.264. The van der Waals surface area contributed by atoms with E-state index in [0.717, 1.165) is 30.5 Å². The second kappa shape index (κ2) is 16.8. The van der Waals surface area contributed by atoms with Gasteiger partial charge in [-0.15, -0.1) is 0 Å². The number of aliphatic hydroxyl groups excluding tert-OH is 1. The molecule has 0 unspecified atom stereocenters. The molecule has 9 nitrogen and oxygen atoms in total. The van der Waals surface area contributed by atoms with E-state index in [1.807, 2.05) is 25.8 Å². The van der Waals surface area contributed by atoms with Crippen LogP contribution in [0.15, 0.2) is 77.7 Å². The maximum atomic E-state index is 14.3. The van der Waals surface area contributed by atoms with Crippen LogP contribution in [0, 0.1) is 5.92 Å². The first-order valence-corrected chi connectivity index (χ1v) is 17.9. The number of ether oxygens (including phenoxy) is 2. The molecule has 1 heterocycles. The summed E-state index contributed by atoms with van der Waals surface area (Å²) in [6.45, 7) is 6.79. The third-order valence-electron chi connectivity index (χ3n) is 8.58. The van der Waals surface area contributed by atoms with E-state index in [9.17, 15) is 31.5 Å². The fourth-order valence-corrected chi connectivity index (χ4v) is 6.82. The molecular formula is C36H46F3N3O6S.